The van der Waals surface area contributed by atoms with Gasteiger partial charge in [-0.3, -0.25) is 0 Å². The molecule has 0 aliphatic heterocycles. The standard InChI is InChI=1S/C13H15NO/c1-10-6-7-11(9-14)13(8-10)15-12-4-2-3-5-12/h6-8,12H,2-5H2,1H3. The SMILES string of the molecule is Cc1ccc(C#N)c(OC2CCCC2)c1. The van der Waals surface area contributed by atoms with Crippen LogP contribution in [0, 0.1) is 18.3 Å². The van der Waals surface area contributed by atoms with E-state index in [1.807, 2.05) is 25.1 Å². The lowest BCUT2D eigenvalue weighted by Gasteiger charge is -2.14. The summed E-state index contributed by atoms with van der Waals surface area (Å²) in [7, 11) is 0. The van der Waals surface area contributed by atoms with E-state index in [9.17, 15) is 0 Å². The number of rotatable bonds is 2. The van der Waals surface area contributed by atoms with E-state index in [1.54, 1.807) is 0 Å². The normalized spacial score (nSPS) is 16.3. The molecule has 1 saturated carbocycles. The molecule has 0 aromatic heterocycles. The quantitative estimate of drug-likeness (QED) is 0.736. The van der Waals surface area contributed by atoms with Gasteiger partial charge in [0, 0.05) is 0 Å². The van der Waals surface area contributed by atoms with Gasteiger partial charge in [0.2, 0.25) is 0 Å². The number of benzene rings is 1. The van der Waals surface area contributed by atoms with Crippen LogP contribution in [0.2, 0.25) is 0 Å². The van der Waals surface area contributed by atoms with Crippen LogP contribution < -0.4 is 4.74 Å². The molecule has 0 heterocycles. The molecule has 0 bridgehead atoms. The third-order valence-corrected chi connectivity index (χ3v) is 2.85. The molecule has 2 heteroatoms. The fourth-order valence-corrected chi connectivity index (χ4v) is 2.01. The van der Waals surface area contributed by atoms with Gasteiger partial charge in [0.05, 0.1) is 11.7 Å². The fraction of sp³-hybridized carbons (Fsp3) is 0.462. The summed E-state index contributed by atoms with van der Waals surface area (Å²) in [5.74, 6) is 0.754. The van der Waals surface area contributed by atoms with Crippen molar-refractivity contribution in [1.29, 1.82) is 5.26 Å². The fourth-order valence-electron chi connectivity index (χ4n) is 2.01. The molecule has 0 radical (unpaired) electrons. The Bertz CT molecular complexity index is 386. The lowest BCUT2D eigenvalue weighted by atomic mass is 10.1. The molecule has 15 heavy (non-hydrogen) atoms. The van der Waals surface area contributed by atoms with E-state index in [0.29, 0.717) is 11.7 Å². The van der Waals surface area contributed by atoms with Gasteiger partial charge in [-0.15, -0.1) is 0 Å². The first-order chi connectivity index (χ1) is 7.29. The number of nitrogens with zero attached hydrogens (tertiary/aromatic N) is 1. The second-order valence-corrected chi connectivity index (χ2v) is 4.14. The van der Waals surface area contributed by atoms with Crippen LogP contribution in [0.25, 0.3) is 0 Å². The van der Waals surface area contributed by atoms with Crippen molar-refractivity contribution < 1.29 is 4.74 Å². The summed E-state index contributed by atoms with van der Waals surface area (Å²) in [6.45, 7) is 2.02. The van der Waals surface area contributed by atoms with Gasteiger partial charge in [-0.2, -0.15) is 5.26 Å². The molecule has 1 aliphatic rings. The maximum absolute atomic E-state index is 8.95. The Morgan fingerprint density at radius 3 is 2.73 bits per heavy atom. The zero-order valence-electron chi connectivity index (χ0n) is 8.99. The van der Waals surface area contributed by atoms with Crippen LogP contribution >= 0.6 is 0 Å². The highest BCUT2D eigenvalue weighted by Gasteiger charge is 2.17. The van der Waals surface area contributed by atoms with Crippen LogP contribution in [0.1, 0.15) is 36.8 Å². The van der Waals surface area contributed by atoms with Crippen molar-refractivity contribution in [2.24, 2.45) is 0 Å². The van der Waals surface area contributed by atoms with E-state index in [4.69, 9.17) is 10.00 Å². The smallest absolute Gasteiger partial charge is 0.137 e. The van der Waals surface area contributed by atoms with Gasteiger partial charge >= 0.3 is 0 Å². The van der Waals surface area contributed by atoms with E-state index in [-0.39, 0.29) is 0 Å². The second kappa shape index (κ2) is 4.35. The minimum atomic E-state index is 0.318. The molecule has 2 nitrogen and oxygen atoms in total. The van der Waals surface area contributed by atoms with E-state index >= 15 is 0 Å². The number of hydrogen-bond donors (Lipinski definition) is 0. The average Bonchev–Trinajstić information content (AvgIpc) is 2.71. The molecular formula is C13H15NO. The summed E-state index contributed by atoms with van der Waals surface area (Å²) in [6, 6.07) is 7.90. The molecule has 2 rings (SSSR count). The van der Waals surface area contributed by atoms with Crippen LogP contribution in [0.15, 0.2) is 18.2 Å². The number of hydrogen-bond acceptors (Lipinski definition) is 2. The molecule has 0 N–H and O–H groups in total. The molecule has 78 valence electrons. The summed E-state index contributed by atoms with van der Waals surface area (Å²) in [4.78, 5) is 0. The molecule has 1 aliphatic carbocycles. The Morgan fingerprint density at radius 1 is 1.33 bits per heavy atom. The van der Waals surface area contributed by atoms with Crippen LogP contribution in [-0.2, 0) is 0 Å². The van der Waals surface area contributed by atoms with Crippen LogP contribution in [0.3, 0.4) is 0 Å². The molecule has 0 unspecified atom stereocenters. The monoisotopic (exact) mass is 201 g/mol. The Labute approximate surface area is 90.5 Å². The summed E-state index contributed by atoms with van der Waals surface area (Å²) in [5, 5.41) is 8.95. The van der Waals surface area contributed by atoms with Gasteiger partial charge < -0.3 is 4.74 Å². The van der Waals surface area contributed by atoms with Crippen molar-refractivity contribution in [3.05, 3.63) is 29.3 Å². The first-order valence-corrected chi connectivity index (χ1v) is 5.47. The van der Waals surface area contributed by atoms with Gasteiger partial charge in [0.25, 0.3) is 0 Å². The van der Waals surface area contributed by atoms with Crippen molar-refractivity contribution in [2.45, 2.75) is 38.7 Å². The summed E-state index contributed by atoms with van der Waals surface area (Å²) in [5.41, 5.74) is 1.79. The van der Waals surface area contributed by atoms with E-state index in [1.165, 1.54) is 12.8 Å². The molecule has 1 fully saturated rings. The number of nitriles is 1. The van der Waals surface area contributed by atoms with Crippen molar-refractivity contribution in [2.75, 3.05) is 0 Å². The molecule has 0 amide bonds. The maximum Gasteiger partial charge on any atom is 0.137 e. The molecular weight excluding hydrogens is 186 g/mol. The van der Waals surface area contributed by atoms with Gasteiger partial charge in [-0.25, -0.2) is 0 Å². The summed E-state index contributed by atoms with van der Waals surface area (Å²) < 4.78 is 5.86. The van der Waals surface area contributed by atoms with Crippen LogP contribution in [0.4, 0.5) is 0 Å². The number of ether oxygens (including phenoxy) is 1. The van der Waals surface area contributed by atoms with E-state index < -0.39 is 0 Å². The summed E-state index contributed by atoms with van der Waals surface area (Å²) in [6.07, 6.45) is 5.06. The van der Waals surface area contributed by atoms with Crippen molar-refractivity contribution >= 4 is 0 Å². The molecule has 0 atom stereocenters. The van der Waals surface area contributed by atoms with E-state index in [2.05, 4.69) is 6.07 Å². The largest absolute Gasteiger partial charge is 0.489 e. The topological polar surface area (TPSA) is 33.0 Å². The van der Waals surface area contributed by atoms with Crippen molar-refractivity contribution in [3.8, 4) is 11.8 Å². The zero-order valence-corrected chi connectivity index (χ0v) is 8.99. The lowest BCUT2D eigenvalue weighted by molar-refractivity contribution is 0.209. The highest BCUT2D eigenvalue weighted by molar-refractivity contribution is 5.45. The van der Waals surface area contributed by atoms with Crippen molar-refractivity contribution in [3.63, 3.8) is 0 Å². The molecule has 1 aromatic rings. The first-order valence-electron chi connectivity index (χ1n) is 5.47. The van der Waals surface area contributed by atoms with Gasteiger partial charge in [-0.05, 0) is 50.3 Å². The minimum absolute atomic E-state index is 0.318. The Hall–Kier alpha value is -1.49. The second-order valence-electron chi connectivity index (χ2n) is 4.14. The van der Waals surface area contributed by atoms with E-state index in [0.717, 1.165) is 24.2 Å². The predicted octanol–water partition coefficient (Wildman–Crippen LogP) is 3.19. The number of aryl methyl sites for hydroxylation is 1. The third kappa shape index (κ3) is 2.30. The van der Waals surface area contributed by atoms with Gasteiger partial charge in [0.15, 0.2) is 0 Å². The average molecular weight is 201 g/mol. The minimum Gasteiger partial charge on any atom is -0.489 e. The molecule has 0 spiro atoms. The highest BCUT2D eigenvalue weighted by atomic mass is 16.5. The zero-order chi connectivity index (χ0) is 10.7. The van der Waals surface area contributed by atoms with Gasteiger partial charge in [0.1, 0.15) is 11.8 Å². The Morgan fingerprint density at radius 2 is 2.07 bits per heavy atom. The van der Waals surface area contributed by atoms with Gasteiger partial charge in [-0.1, -0.05) is 6.07 Å². The molecule has 1 aromatic carbocycles. The molecule has 0 saturated heterocycles. The first kappa shape index (κ1) is 10.0. The lowest BCUT2D eigenvalue weighted by Crippen LogP contribution is -2.11. The van der Waals surface area contributed by atoms with Crippen LogP contribution in [0.5, 0.6) is 5.75 Å². The Balaban J connectivity index is 2.18. The maximum atomic E-state index is 8.95. The van der Waals surface area contributed by atoms with Crippen molar-refractivity contribution in [1.82, 2.24) is 0 Å². The Kier molecular flexibility index (Phi) is 2.91. The third-order valence-electron chi connectivity index (χ3n) is 2.85. The predicted molar refractivity (Wildman–Crippen MR) is 58.8 cm³/mol. The van der Waals surface area contributed by atoms with Crippen LogP contribution in [-0.4, -0.2) is 6.10 Å². The summed E-state index contributed by atoms with van der Waals surface area (Å²) >= 11 is 0. The highest BCUT2D eigenvalue weighted by Crippen LogP contribution is 2.27.